The number of H-pyrrole nitrogens is 1. The van der Waals surface area contributed by atoms with Crippen LogP contribution >= 0.6 is 0 Å². The van der Waals surface area contributed by atoms with E-state index in [0.29, 0.717) is 43.2 Å². The third kappa shape index (κ3) is 6.81. The zero-order valence-electron chi connectivity index (χ0n) is 24.1. The first-order valence-corrected chi connectivity index (χ1v) is 13.8. The summed E-state index contributed by atoms with van der Waals surface area (Å²) in [6, 6.07) is 22.5. The van der Waals surface area contributed by atoms with Gasteiger partial charge in [-0.25, -0.2) is 4.68 Å². The van der Waals surface area contributed by atoms with Gasteiger partial charge in [0, 0.05) is 25.2 Å². The third-order valence-corrected chi connectivity index (χ3v) is 7.36. The zero-order valence-corrected chi connectivity index (χ0v) is 24.1. The van der Waals surface area contributed by atoms with Gasteiger partial charge in [-0.15, -0.1) is 5.10 Å². The van der Waals surface area contributed by atoms with E-state index in [9.17, 15) is 4.79 Å². The van der Waals surface area contributed by atoms with Gasteiger partial charge in [0.25, 0.3) is 5.56 Å². The first-order valence-electron chi connectivity index (χ1n) is 13.8. The van der Waals surface area contributed by atoms with Crippen LogP contribution in [0.3, 0.4) is 0 Å². The molecule has 9 heteroatoms. The molecule has 0 atom stereocenters. The van der Waals surface area contributed by atoms with Gasteiger partial charge in [-0.2, -0.15) is 0 Å². The molecule has 0 amide bonds. The van der Waals surface area contributed by atoms with E-state index in [1.165, 1.54) is 5.56 Å². The van der Waals surface area contributed by atoms with Crippen molar-refractivity contribution in [2.45, 2.75) is 46.3 Å². The standard InChI is InChI=1S/C32H36N6O3/c1-22-16-23(2)31-26(17-22)19-27(32(39)33-31)20-37(14-12-25-10-11-28(40-3)29(18-25)41-4)21-30-34-35-36-38(30)15-13-24-8-6-5-7-9-24/h5-11,16-19H,12-15,20-21H2,1-4H3,(H,33,39). The highest BCUT2D eigenvalue weighted by atomic mass is 16.5. The van der Waals surface area contributed by atoms with Gasteiger partial charge in [0.15, 0.2) is 17.3 Å². The molecular formula is C32H36N6O3. The van der Waals surface area contributed by atoms with Crippen LogP contribution in [0.25, 0.3) is 10.9 Å². The van der Waals surface area contributed by atoms with E-state index in [1.807, 2.05) is 54.1 Å². The van der Waals surface area contributed by atoms with Gasteiger partial charge in [-0.05, 0) is 83.5 Å². The lowest BCUT2D eigenvalue weighted by atomic mass is 10.0. The molecule has 0 spiro atoms. The molecule has 0 saturated heterocycles. The number of ether oxygens (including phenoxy) is 2. The van der Waals surface area contributed by atoms with Gasteiger partial charge in [0.2, 0.25) is 0 Å². The minimum atomic E-state index is -0.0794. The average Bonchev–Trinajstić information content (AvgIpc) is 3.42. The number of fused-ring (bicyclic) bond motifs is 1. The van der Waals surface area contributed by atoms with Gasteiger partial charge >= 0.3 is 0 Å². The van der Waals surface area contributed by atoms with Crippen LogP contribution in [-0.2, 0) is 32.5 Å². The second kappa shape index (κ2) is 12.8. The van der Waals surface area contributed by atoms with Gasteiger partial charge in [-0.1, -0.05) is 48.0 Å². The molecule has 0 aliphatic carbocycles. The summed E-state index contributed by atoms with van der Waals surface area (Å²) >= 11 is 0. The fraction of sp³-hybridized carbons (Fsp3) is 0.312. The summed E-state index contributed by atoms with van der Waals surface area (Å²) in [6.07, 6.45) is 1.57. The van der Waals surface area contributed by atoms with Crippen LogP contribution in [0, 0.1) is 13.8 Å². The van der Waals surface area contributed by atoms with Crippen molar-refractivity contribution in [3.8, 4) is 11.5 Å². The normalized spacial score (nSPS) is 11.3. The summed E-state index contributed by atoms with van der Waals surface area (Å²) in [5.74, 6) is 2.15. The number of aryl methyl sites for hydroxylation is 4. The number of benzene rings is 3. The summed E-state index contributed by atoms with van der Waals surface area (Å²) in [7, 11) is 3.27. The van der Waals surface area contributed by atoms with Gasteiger partial charge < -0.3 is 14.5 Å². The fourth-order valence-corrected chi connectivity index (χ4v) is 5.22. The van der Waals surface area contributed by atoms with E-state index in [0.717, 1.165) is 46.3 Å². The van der Waals surface area contributed by atoms with Crippen LogP contribution in [0.1, 0.15) is 33.6 Å². The lowest BCUT2D eigenvalue weighted by molar-refractivity contribution is 0.247. The number of pyridine rings is 1. The molecule has 41 heavy (non-hydrogen) atoms. The van der Waals surface area contributed by atoms with E-state index in [-0.39, 0.29) is 5.56 Å². The molecule has 0 radical (unpaired) electrons. The van der Waals surface area contributed by atoms with Crippen molar-refractivity contribution in [2.75, 3.05) is 20.8 Å². The molecule has 0 bridgehead atoms. The minimum absolute atomic E-state index is 0.0794. The number of nitrogens with zero attached hydrogens (tertiary/aromatic N) is 5. The van der Waals surface area contributed by atoms with Gasteiger partial charge in [-0.3, -0.25) is 9.69 Å². The summed E-state index contributed by atoms with van der Waals surface area (Å²) in [5, 5.41) is 13.6. The summed E-state index contributed by atoms with van der Waals surface area (Å²) < 4.78 is 12.8. The molecule has 3 aromatic carbocycles. The smallest absolute Gasteiger partial charge is 0.252 e. The third-order valence-electron chi connectivity index (χ3n) is 7.36. The monoisotopic (exact) mass is 552 g/mol. The van der Waals surface area contributed by atoms with E-state index >= 15 is 0 Å². The average molecular weight is 553 g/mol. The molecule has 2 heterocycles. The molecule has 212 valence electrons. The van der Waals surface area contributed by atoms with Crippen LogP contribution in [0.15, 0.2) is 71.5 Å². The van der Waals surface area contributed by atoms with Crippen LogP contribution in [-0.4, -0.2) is 50.9 Å². The highest BCUT2D eigenvalue weighted by Crippen LogP contribution is 2.28. The Morgan fingerprint density at radius 3 is 2.46 bits per heavy atom. The quantitative estimate of drug-likeness (QED) is 0.241. The number of aromatic amines is 1. The number of nitrogens with one attached hydrogen (secondary N) is 1. The molecule has 0 fully saturated rings. The lowest BCUT2D eigenvalue weighted by Crippen LogP contribution is -2.30. The molecule has 0 aliphatic rings. The highest BCUT2D eigenvalue weighted by Gasteiger charge is 2.16. The Morgan fingerprint density at radius 2 is 1.68 bits per heavy atom. The largest absolute Gasteiger partial charge is 0.493 e. The number of aromatic nitrogens is 5. The number of methoxy groups -OCH3 is 2. The molecule has 0 aliphatic heterocycles. The first-order chi connectivity index (χ1) is 19.9. The van der Waals surface area contributed by atoms with Gasteiger partial charge in [0.05, 0.1) is 26.3 Å². The van der Waals surface area contributed by atoms with E-state index in [1.54, 1.807) is 14.2 Å². The van der Waals surface area contributed by atoms with Crippen molar-refractivity contribution in [3.05, 3.63) is 111 Å². The predicted octanol–water partition coefficient (Wildman–Crippen LogP) is 4.64. The van der Waals surface area contributed by atoms with E-state index in [2.05, 4.69) is 56.6 Å². The molecule has 9 nitrogen and oxygen atoms in total. The van der Waals surface area contributed by atoms with Crippen molar-refractivity contribution >= 4 is 10.9 Å². The van der Waals surface area contributed by atoms with Crippen LogP contribution < -0.4 is 15.0 Å². The molecule has 2 aromatic heterocycles. The Kier molecular flexibility index (Phi) is 8.74. The van der Waals surface area contributed by atoms with E-state index < -0.39 is 0 Å². The first kappa shape index (κ1) is 28.0. The Bertz CT molecular complexity index is 1680. The molecule has 1 N–H and O–H groups in total. The second-order valence-corrected chi connectivity index (χ2v) is 10.4. The second-order valence-electron chi connectivity index (χ2n) is 10.4. The number of hydrogen-bond acceptors (Lipinski definition) is 7. The Hall–Kier alpha value is -4.50. The SMILES string of the molecule is COc1ccc(CCN(Cc2cc3cc(C)cc(C)c3[nH]c2=O)Cc2nnnn2CCc2ccccc2)cc1OC. The fourth-order valence-electron chi connectivity index (χ4n) is 5.22. The van der Waals surface area contributed by atoms with Crippen molar-refractivity contribution in [2.24, 2.45) is 0 Å². The van der Waals surface area contributed by atoms with Crippen LogP contribution in [0.2, 0.25) is 0 Å². The molecule has 5 rings (SSSR count). The van der Waals surface area contributed by atoms with Crippen molar-refractivity contribution in [1.29, 1.82) is 0 Å². The summed E-state index contributed by atoms with van der Waals surface area (Å²) in [5.41, 5.74) is 6.07. The molecule has 0 unspecified atom stereocenters. The Balaban J connectivity index is 1.40. The predicted molar refractivity (Wildman–Crippen MR) is 159 cm³/mol. The maximum Gasteiger partial charge on any atom is 0.252 e. The van der Waals surface area contributed by atoms with Crippen LogP contribution in [0.4, 0.5) is 0 Å². The molecule has 0 saturated carbocycles. The summed E-state index contributed by atoms with van der Waals surface area (Å²) in [6.45, 7) is 6.41. The Morgan fingerprint density at radius 1 is 0.878 bits per heavy atom. The van der Waals surface area contributed by atoms with Crippen molar-refractivity contribution in [3.63, 3.8) is 0 Å². The van der Waals surface area contributed by atoms with Gasteiger partial charge in [0.1, 0.15) is 0 Å². The number of hydrogen-bond donors (Lipinski definition) is 1. The highest BCUT2D eigenvalue weighted by molar-refractivity contribution is 5.82. The molecule has 5 aromatic rings. The maximum atomic E-state index is 13.2. The minimum Gasteiger partial charge on any atom is -0.493 e. The number of tetrazole rings is 1. The van der Waals surface area contributed by atoms with E-state index in [4.69, 9.17) is 9.47 Å². The topological polar surface area (TPSA) is 98.2 Å². The maximum absolute atomic E-state index is 13.2. The van der Waals surface area contributed by atoms with Crippen molar-refractivity contribution < 1.29 is 9.47 Å². The van der Waals surface area contributed by atoms with Crippen molar-refractivity contribution in [1.82, 2.24) is 30.1 Å². The summed E-state index contributed by atoms with van der Waals surface area (Å²) in [4.78, 5) is 18.5. The lowest BCUT2D eigenvalue weighted by Gasteiger charge is -2.22. The Labute approximate surface area is 239 Å². The number of rotatable bonds is 12. The molecular weight excluding hydrogens is 516 g/mol. The van der Waals surface area contributed by atoms with Crippen LogP contribution in [0.5, 0.6) is 11.5 Å². The zero-order chi connectivity index (χ0) is 28.8.